The molecule has 18 aromatic carbocycles. The van der Waals surface area contributed by atoms with Crippen molar-refractivity contribution in [3.8, 4) is 78.6 Å². The van der Waals surface area contributed by atoms with Crippen molar-refractivity contribution in [3.05, 3.63) is 425 Å². The minimum absolute atomic E-state index is 1.15. The maximum absolute atomic E-state index is 2.43. The molecule has 6 nitrogen and oxygen atoms in total. The highest BCUT2D eigenvalue weighted by molar-refractivity contribution is 6.17. The Morgan fingerprint density at radius 1 is 0.0965 bits per heavy atom. The number of hydrogen-bond donors (Lipinski definition) is 0. The summed E-state index contributed by atoms with van der Waals surface area (Å²) in [7, 11) is 0. The Hall–Kier alpha value is -15.2. The fraction of sp³-hybridized carbons (Fsp3) is 0. The fourth-order valence-electron chi connectivity index (χ4n) is 18.5. The van der Waals surface area contributed by atoms with E-state index < -0.39 is 0 Å². The van der Waals surface area contributed by atoms with E-state index in [4.69, 9.17) is 0 Å². The van der Waals surface area contributed by atoms with Crippen molar-refractivity contribution in [1.82, 2.24) is 27.4 Å². The van der Waals surface area contributed by atoms with Gasteiger partial charge in [0.05, 0.1) is 66.2 Å². The van der Waals surface area contributed by atoms with Crippen LogP contribution in [0.2, 0.25) is 0 Å². The van der Waals surface area contributed by atoms with E-state index in [9.17, 15) is 0 Å². The topological polar surface area (TPSA) is 29.6 Å². The van der Waals surface area contributed by atoms with Crippen LogP contribution in [-0.2, 0) is 0 Å². The van der Waals surface area contributed by atoms with Gasteiger partial charge in [0.15, 0.2) is 0 Å². The molecule has 0 fully saturated rings. The summed E-state index contributed by atoms with van der Waals surface area (Å²) >= 11 is 0. The lowest BCUT2D eigenvalue weighted by atomic mass is 10.0. The number of rotatable bonds is 10. The molecule has 0 unspecified atom stereocenters. The first-order chi connectivity index (χ1) is 56.6. The van der Waals surface area contributed by atoms with Crippen molar-refractivity contribution in [2.24, 2.45) is 0 Å². The molecule has 6 heterocycles. The van der Waals surface area contributed by atoms with Crippen LogP contribution in [-0.4, -0.2) is 27.4 Å². The number of para-hydroxylation sites is 8. The first-order valence-corrected chi connectivity index (χ1v) is 39.2. The molecular weight excluding hydrogens is 1380 g/mol. The molecule has 6 aromatic heterocycles. The number of hydrogen-bond acceptors (Lipinski definition) is 0. The number of benzene rings is 18. The number of nitrogens with zero attached hydrogens (tertiary/aromatic N) is 6. The molecule has 0 aliphatic heterocycles. The third kappa shape index (κ3) is 10.4. The minimum atomic E-state index is 1.15. The molecule has 0 saturated heterocycles. The molecule has 0 aliphatic rings. The van der Waals surface area contributed by atoms with Gasteiger partial charge >= 0.3 is 0 Å². The molecule has 24 aromatic rings. The third-order valence-electron chi connectivity index (χ3n) is 23.6. The highest BCUT2D eigenvalue weighted by atomic mass is 15.0. The lowest BCUT2D eigenvalue weighted by Crippen LogP contribution is -1.96. The minimum Gasteiger partial charge on any atom is -0.309 e. The van der Waals surface area contributed by atoms with Gasteiger partial charge in [0.25, 0.3) is 0 Å². The molecule has 532 valence electrons. The van der Waals surface area contributed by atoms with Gasteiger partial charge in [-0.1, -0.05) is 261 Å². The van der Waals surface area contributed by atoms with E-state index in [1.165, 1.54) is 181 Å². The van der Waals surface area contributed by atoms with Crippen LogP contribution < -0.4 is 0 Å². The maximum atomic E-state index is 2.43. The monoisotopic (exact) mass is 1450 g/mol. The zero-order valence-electron chi connectivity index (χ0n) is 62.1. The molecule has 114 heavy (non-hydrogen) atoms. The molecule has 0 spiro atoms. The van der Waals surface area contributed by atoms with Gasteiger partial charge in [-0.15, -0.1) is 0 Å². The predicted octanol–water partition coefficient (Wildman–Crippen LogP) is 28.6. The Bertz CT molecular complexity index is 7960. The lowest BCUT2D eigenvalue weighted by Gasteiger charge is -2.12. The van der Waals surface area contributed by atoms with Crippen LogP contribution in [0.1, 0.15) is 0 Å². The summed E-state index contributed by atoms with van der Waals surface area (Å²) in [6.07, 6.45) is 0. The van der Waals surface area contributed by atoms with E-state index in [-0.39, 0.29) is 0 Å². The summed E-state index contributed by atoms with van der Waals surface area (Å²) in [5.41, 5.74) is 31.0. The SMILES string of the molecule is c1ccc(-c2cccc(-n3c4ccccc4c4cc(-c5ccc6c(c5)c5ccccc5n6-c5ccc6c(c5)c5ccccc5n6-c5ccccc5)ccc43)c2)cc1.c1ccc(-c2cccc(-n3c4ccccc4c4cc(-c5ccc6c(c5)c5ccccc5n6-c5ccc6c7ccccc7n(-c7ccccc7)c6c5)ccc43)c2)cc1. The lowest BCUT2D eigenvalue weighted by molar-refractivity contribution is 1.15. The summed E-state index contributed by atoms with van der Waals surface area (Å²) in [5.74, 6) is 0. The zero-order valence-corrected chi connectivity index (χ0v) is 62.1. The van der Waals surface area contributed by atoms with Crippen molar-refractivity contribution in [1.29, 1.82) is 0 Å². The largest absolute Gasteiger partial charge is 0.309 e. The summed E-state index contributed by atoms with van der Waals surface area (Å²) < 4.78 is 14.5. The fourth-order valence-corrected chi connectivity index (χ4v) is 18.5. The highest BCUT2D eigenvalue weighted by Crippen LogP contribution is 2.45. The average Bonchev–Trinajstić information content (AvgIpc) is 1.57. The van der Waals surface area contributed by atoms with Gasteiger partial charge in [-0.25, -0.2) is 0 Å². The molecule has 0 aliphatic carbocycles. The molecule has 6 heteroatoms. The van der Waals surface area contributed by atoms with E-state index in [0.717, 1.165) is 28.4 Å². The molecule has 0 N–H and O–H groups in total. The molecule has 0 radical (unpaired) electrons. The summed E-state index contributed by atoms with van der Waals surface area (Å²) in [4.78, 5) is 0. The van der Waals surface area contributed by atoms with Crippen molar-refractivity contribution in [2.45, 2.75) is 0 Å². The second kappa shape index (κ2) is 26.2. The zero-order chi connectivity index (χ0) is 74.9. The second-order valence-corrected chi connectivity index (χ2v) is 29.9. The first-order valence-electron chi connectivity index (χ1n) is 39.2. The predicted molar refractivity (Wildman–Crippen MR) is 481 cm³/mol. The summed E-state index contributed by atoms with van der Waals surface area (Å²) in [5, 5.41) is 15.0. The van der Waals surface area contributed by atoms with Gasteiger partial charge in [-0.05, 0) is 208 Å². The van der Waals surface area contributed by atoms with Crippen molar-refractivity contribution >= 4 is 131 Å². The number of fused-ring (bicyclic) bond motifs is 18. The Kier molecular flexibility index (Phi) is 14.9. The smallest absolute Gasteiger partial charge is 0.0561 e. The third-order valence-corrected chi connectivity index (χ3v) is 23.6. The second-order valence-electron chi connectivity index (χ2n) is 29.9. The Balaban J connectivity index is 0.000000135. The molecular formula is C108H70N6. The van der Waals surface area contributed by atoms with E-state index >= 15 is 0 Å². The van der Waals surface area contributed by atoms with Crippen molar-refractivity contribution in [3.63, 3.8) is 0 Å². The first kappa shape index (κ1) is 64.7. The Morgan fingerprint density at radius 3 is 0.658 bits per heavy atom. The van der Waals surface area contributed by atoms with Crippen LogP contribution in [0, 0.1) is 0 Å². The molecule has 24 rings (SSSR count). The van der Waals surface area contributed by atoms with Crippen molar-refractivity contribution in [2.75, 3.05) is 0 Å². The van der Waals surface area contributed by atoms with E-state index in [0.29, 0.717) is 0 Å². The van der Waals surface area contributed by atoms with Crippen LogP contribution in [0.5, 0.6) is 0 Å². The van der Waals surface area contributed by atoms with Gasteiger partial charge in [-0.2, -0.15) is 0 Å². The standard InChI is InChI=1S/2C54H35N3/c1-3-14-36(15-4-1)37-16-13-19-41(32-37)56-50-24-11-7-20-43(50)46-33-38(26-29-52(46)56)39-27-30-53-47(34-39)44-21-8-12-25-51(44)57(53)42-28-31-54-48(35-42)45-22-9-10-23-49(45)55(54)40-17-5-2-6-18-40;1-3-14-36(15-4-1)37-16-13-19-41(32-37)56-50-24-11-8-21-44(50)47-33-38(26-30-52(47)56)39-27-31-53-48(34-39)45-22-9-12-25-51(45)57(53)42-28-29-46-43-20-7-10-23-49(43)55(54(46)35-42)40-17-5-2-6-18-40/h2*1-35H. The highest BCUT2D eigenvalue weighted by Gasteiger charge is 2.23. The normalized spacial score (nSPS) is 11.9. The van der Waals surface area contributed by atoms with Gasteiger partial charge < -0.3 is 27.4 Å². The molecule has 0 amide bonds. The van der Waals surface area contributed by atoms with Gasteiger partial charge in [0.2, 0.25) is 0 Å². The van der Waals surface area contributed by atoms with Crippen LogP contribution in [0.25, 0.3) is 209 Å². The van der Waals surface area contributed by atoms with Crippen molar-refractivity contribution < 1.29 is 0 Å². The molecule has 0 saturated carbocycles. The Morgan fingerprint density at radius 2 is 0.307 bits per heavy atom. The van der Waals surface area contributed by atoms with Gasteiger partial charge in [-0.3, -0.25) is 0 Å². The van der Waals surface area contributed by atoms with Gasteiger partial charge in [0.1, 0.15) is 0 Å². The average molecular weight is 1450 g/mol. The maximum Gasteiger partial charge on any atom is 0.0561 e. The van der Waals surface area contributed by atoms with Crippen LogP contribution in [0.4, 0.5) is 0 Å². The summed E-state index contributed by atoms with van der Waals surface area (Å²) in [6, 6.07) is 155. The van der Waals surface area contributed by atoms with E-state index in [1.807, 2.05) is 0 Å². The number of aromatic nitrogens is 6. The van der Waals surface area contributed by atoms with Crippen LogP contribution in [0.15, 0.2) is 425 Å². The molecule has 0 atom stereocenters. The van der Waals surface area contributed by atoms with E-state index in [2.05, 4.69) is 452 Å². The summed E-state index contributed by atoms with van der Waals surface area (Å²) in [6.45, 7) is 0. The van der Waals surface area contributed by atoms with Crippen LogP contribution in [0.3, 0.4) is 0 Å². The Labute approximate surface area is 657 Å². The quantitative estimate of drug-likeness (QED) is 0.131. The van der Waals surface area contributed by atoms with E-state index in [1.54, 1.807) is 0 Å². The van der Waals surface area contributed by atoms with Gasteiger partial charge in [0, 0.05) is 98.8 Å². The van der Waals surface area contributed by atoms with Crippen LogP contribution >= 0.6 is 0 Å². The molecule has 0 bridgehead atoms.